The van der Waals surface area contributed by atoms with Crippen molar-refractivity contribution < 1.29 is 5.11 Å². The van der Waals surface area contributed by atoms with Crippen LogP contribution in [0.15, 0.2) is 0 Å². The molecule has 1 aromatic rings. The Hall–Kier alpha value is -1.36. The van der Waals surface area contributed by atoms with Crippen molar-refractivity contribution in [3.63, 3.8) is 0 Å². The summed E-state index contributed by atoms with van der Waals surface area (Å²) in [5.41, 5.74) is 1.08. The largest absolute Gasteiger partial charge is 0.394 e. The lowest BCUT2D eigenvalue weighted by molar-refractivity contribution is 0.266. The van der Waals surface area contributed by atoms with E-state index < -0.39 is 0 Å². The van der Waals surface area contributed by atoms with Gasteiger partial charge in [-0.25, -0.2) is 9.97 Å². The van der Waals surface area contributed by atoms with E-state index in [1.807, 2.05) is 0 Å². The summed E-state index contributed by atoms with van der Waals surface area (Å²) in [4.78, 5) is 11.6. The van der Waals surface area contributed by atoms with Gasteiger partial charge in [-0.05, 0) is 26.7 Å². The third kappa shape index (κ3) is 2.87. The molecule has 0 spiro atoms. The highest BCUT2D eigenvalue weighted by Gasteiger charge is 2.28. The Morgan fingerprint density at radius 1 is 1.40 bits per heavy atom. The van der Waals surface area contributed by atoms with Gasteiger partial charge in [0.25, 0.3) is 0 Å². The smallest absolute Gasteiger partial charge is 0.137 e. The normalized spacial score (nSPS) is 18.9. The van der Waals surface area contributed by atoms with E-state index >= 15 is 0 Å². The summed E-state index contributed by atoms with van der Waals surface area (Å²) in [6.45, 7) is 10.4. The summed E-state index contributed by atoms with van der Waals surface area (Å²) >= 11 is 0. The van der Waals surface area contributed by atoms with Gasteiger partial charge in [0, 0.05) is 24.6 Å². The summed E-state index contributed by atoms with van der Waals surface area (Å²) in [6.07, 6.45) is 2.15. The number of nitrogens with one attached hydrogen (secondary N) is 1. The maximum atomic E-state index is 9.54. The highest BCUT2D eigenvalue weighted by atomic mass is 16.3. The average molecular weight is 278 g/mol. The zero-order valence-electron chi connectivity index (χ0n) is 13.0. The highest BCUT2D eigenvalue weighted by Crippen LogP contribution is 2.31. The summed E-state index contributed by atoms with van der Waals surface area (Å²) < 4.78 is 0. The fraction of sp³-hybridized carbons (Fsp3) is 0.733. The minimum absolute atomic E-state index is 0.191. The van der Waals surface area contributed by atoms with Crippen molar-refractivity contribution in [1.82, 2.24) is 9.97 Å². The predicted molar refractivity (Wildman–Crippen MR) is 82.5 cm³/mol. The molecule has 2 rings (SSSR count). The van der Waals surface area contributed by atoms with Crippen molar-refractivity contribution >= 4 is 11.6 Å². The predicted octanol–water partition coefficient (Wildman–Crippen LogP) is 2.30. The standard InChI is InChI=1S/C15H26N4O/c1-5-16-14-11(4)15(18-13(17-14)10(2)3)19-8-6-7-12(19)9-20/h10,12,20H,5-9H2,1-4H3,(H,16,17,18). The quantitative estimate of drug-likeness (QED) is 0.865. The van der Waals surface area contributed by atoms with E-state index in [1.54, 1.807) is 0 Å². The first-order valence-corrected chi connectivity index (χ1v) is 7.58. The zero-order chi connectivity index (χ0) is 14.7. The number of hydrogen-bond donors (Lipinski definition) is 2. The SMILES string of the molecule is CCNc1nc(C(C)C)nc(N2CCCC2CO)c1C. The molecule has 5 heteroatoms. The molecule has 0 bridgehead atoms. The van der Waals surface area contributed by atoms with Gasteiger partial charge < -0.3 is 15.3 Å². The van der Waals surface area contributed by atoms with Crippen LogP contribution < -0.4 is 10.2 Å². The minimum Gasteiger partial charge on any atom is -0.394 e. The van der Waals surface area contributed by atoms with Gasteiger partial charge in [-0.2, -0.15) is 0 Å². The molecule has 0 amide bonds. The van der Waals surface area contributed by atoms with Crippen LogP contribution in [0.4, 0.5) is 11.6 Å². The summed E-state index contributed by atoms with van der Waals surface area (Å²) in [5, 5.41) is 12.9. The topological polar surface area (TPSA) is 61.3 Å². The van der Waals surface area contributed by atoms with E-state index in [1.165, 1.54) is 0 Å². The van der Waals surface area contributed by atoms with Crippen LogP contribution in [-0.4, -0.2) is 40.8 Å². The average Bonchev–Trinajstić information content (AvgIpc) is 2.89. The summed E-state index contributed by atoms with van der Waals surface area (Å²) in [5.74, 6) is 3.06. The molecule has 0 aromatic carbocycles. The van der Waals surface area contributed by atoms with Crippen molar-refractivity contribution in [3.8, 4) is 0 Å². The second-order valence-corrected chi connectivity index (χ2v) is 5.74. The number of aromatic nitrogens is 2. The van der Waals surface area contributed by atoms with E-state index in [-0.39, 0.29) is 12.6 Å². The van der Waals surface area contributed by atoms with Gasteiger partial charge in [0.15, 0.2) is 0 Å². The van der Waals surface area contributed by atoms with Crippen molar-refractivity contribution in [2.45, 2.75) is 52.5 Å². The molecule has 0 saturated carbocycles. The molecule has 1 unspecified atom stereocenters. The molecule has 1 atom stereocenters. The van der Waals surface area contributed by atoms with Crippen molar-refractivity contribution in [2.24, 2.45) is 0 Å². The van der Waals surface area contributed by atoms with Crippen molar-refractivity contribution in [3.05, 3.63) is 11.4 Å². The number of hydrogen-bond acceptors (Lipinski definition) is 5. The van der Waals surface area contributed by atoms with E-state index in [0.717, 1.165) is 49.0 Å². The van der Waals surface area contributed by atoms with Crippen LogP contribution in [0.1, 0.15) is 50.9 Å². The number of rotatable bonds is 5. The fourth-order valence-electron chi connectivity index (χ4n) is 2.70. The molecule has 0 radical (unpaired) electrons. The van der Waals surface area contributed by atoms with Gasteiger partial charge in [-0.15, -0.1) is 0 Å². The molecule has 0 aliphatic carbocycles. The first-order valence-electron chi connectivity index (χ1n) is 7.58. The molecule has 5 nitrogen and oxygen atoms in total. The third-order valence-electron chi connectivity index (χ3n) is 3.86. The van der Waals surface area contributed by atoms with Crippen molar-refractivity contribution in [2.75, 3.05) is 29.9 Å². The Kier molecular flexibility index (Phi) is 4.81. The molecule has 1 saturated heterocycles. The van der Waals surface area contributed by atoms with Crippen LogP contribution in [0.3, 0.4) is 0 Å². The molecule has 1 aliphatic rings. The van der Waals surface area contributed by atoms with E-state index in [2.05, 4.69) is 42.9 Å². The maximum absolute atomic E-state index is 9.54. The Balaban J connectivity index is 2.44. The Labute approximate surface area is 121 Å². The summed E-state index contributed by atoms with van der Waals surface area (Å²) in [7, 11) is 0. The fourth-order valence-corrected chi connectivity index (χ4v) is 2.70. The Bertz CT molecular complexity index is 461. The third-order valence-corrected chi connectivity index (χ3v) is 3.86. The Morgan fingerprint density at radius 2 is 2.15 bits per heavy atom. The van der Waals surface area contributed by atoms with E-state index in [9.17, 15) is 5.11 Å². The molecular formula is C15H26N4O. The molecule has 1 fully saturated rings. The lowest BCUT2D eigenvalue weighted by Crippen LogP contribution is -2.34. The summed E-state index contributed by atoms with van der Waals surface area (Å²) in [6, 6.07) is 0.193. The molecule has 2 heterocycles. The molecule has 20 heavy (non-hydrogen) atoms. The van der Waals surface area contributed by atoms with Crippen LogP contribution in [0, 0.1) is 6.92 Å². The number of anilines is 2. The number of aliphatic hydroxyl groups is 1. The number of nitrogens with zero attached hydrogens (tertiary/aromatic N) is 3. The molecule has 2 N–H and O–H groups in total. The minimum atomic E-state index is 0.191. The van der Waals surface area contributed by atoms with Gasteiger partial charge in [-0.1, -0.05) is 13.8 Å². The lowest BCUT2D eigenvalue weighted by atomic mass is 10.2. The maximum Gasteiger partial charge on any atom is 0.137 e. The first kappa shape index (κ1) is 15.0. The van der Waals surface area contributed by atoms with Crippen LogP contribution in [0.2, 0.25) is 0 Å². The molecule has 1 aromatic heterocycles. The van der Waals surface area contributed by atoms with Crippen LogP contribution >= 0.6 is 0 Å². The van der Waals surface area contributed by atoms with Gasteiger partial charge in [0.05, 0.1) is 12.6 Å². The van der Waals surface area contributed by atoms with Gasteiger partial charge >= 0.3 is 0 Å². The number of aliphatic hydroxyl groups excluding tert-OH is 1. The van der Waals surface area contributed by atoms with Crippen LogP contribution in [0.25, 0.3) is 0 Å². The van der Waals surface area contributed by atoms with Crippen molar-refractivity contribution in [1.29, 1.82) is 0 Å². The lowest BCUT2D eigenvalue weighted by Gasteiger charge is -2.27. The second-order valence-electron chi connectivity index (χ2n) is 5.74. The van der Waals surface area contributed by atoms with Gasteiger partial charge in [0.1, 0.15) is 17.5 Å². The molecular weight excluding hydrogens is 252 g/mol. The van der Waals surface area contributed by atoms with Crippen LogP contribution in [-0.2, 0) is 0 Å². The first-order chi connectivity index (χ1) is 9.58. The Morgan fingerprint density at radius 3 is 2.75 bits per heavy atom. The molecule has 1 aliphatic heterocycles. The van der Waals surface area contributed by atoms with E-state index in [0.29, 0.717) is 5.92 Å². The second kappa shape index (κ2) is 6.39. The van der Waals surface area contributed by atoms with Gasteiger partial charge in [-0.3, -0.25) is 0 Å². The van der Waals surface area contributed by atoms with Gasteiger partial charge in [0.2, 0.25) is 0 Å². The zero-order valence-corrected chi connectivity index (χ0v) is 13.0. The molecule has 112 valence electrons. The monoisotopic (exact) mass is 278 g/mol. The van der Waals surface area contributed by atoms with E-state index in [4.69, 9.17) is 4.98 Å². The highest BCUT2D eigenvalue weighted by molar-refractivity contribution is 5.59. The van der Waals surface area contributed by atoms with Crippen LogP contribution in [0.5, 0.6) is 0 Å².